The summed E-state index contributed by atoms with van der Waals surface area (Å²) in [5, 5.41) is 8.82. The molecule has 9 N–H and O–H groups in total. The molecule has 25 nitrogen and oxygen atoms in total. The van der Waals surface area contributed by atoms with Crippen LogP contribution in [-0.4, -0.2) is 156 Å². The molecule has 3 aliphatic heterocycles. The van der Waals surface area contributed by atoms with Crippen LogP contribution in [0.1, 0.15) is 36.6 Å². The van der Waals surface area contributed by atoms with Crippen molar-refractivity contribution in [1.82, 2.24) is 59.8 Å². The predicted molar refractivity (Wildman–Crippen MR) is 278 cm³/mol. The number of primary amides is 3. The third-order valence-corrected chi connectivity index (χ3v) is 13.0. The number of nitriles is 1. The van der Waals surface area contributed by atoms with E-state index in [9.17, 15) is 31.9 Å². The zero-order valence-electron chi connectivity index (χ0n) is 41.1. The molecule has 0 atom stereocenters. The first-order chi connectivity index (χ1) is 37.7. The average Bonchev–Trinajstić information content (AvgIpc) is 4.27. The van der Waals surface area contributed by atoms with Crippen LogP contribution < -0.4 is 46.6 Å². The number of nitrogens with one attached hydrogen (secondary N) is 3. The van der Waals surface area contributed by atoms with Crippen LogP contribution in [0.25, 0.3) is 33.1 Å². The largest absolute Gasteiger partial charge is 0.366 e. The highest BCUT2D eigenvalue weighted by Crippen LogP contribution is 2.27. The summed E-state index contributed by atoms with van der Waals surface area (Å²) < 4.78 is 53.9. The lowest BCUT2D eigenvalue weighted by Crippen LogP contribution is -2.47. The van der Waals surface area contributed by atoms with E-state index in [1.807, 2.05) is 31.7 Å². The Kier molecular flexibility index (Phi) is 14.4. The van der Waals surface area contributed by atoms with Crippen LogP contribution in [-0.2, 0) is 0 Å². The minimum atomic E-state index is -0.731. The molecule has 398 valence electrons. The second kappa shape index (κ2) is 21.9. The van der Waals surface area contributed by atoms with E-state index < -0.39 is 41.0 Å². The number of aromatic amines is 3. The molecule has 3 amide bonds. The number of anilines is 6. The lowest BCUT2D eigenvalue weighted by Gasteiger charge is -2.35. The van der Waals surface area contributed by atoms with Crippen molar-refractivity contribution in [3.63, 3.8) is 0 Å². The van der Waals surface area contributed by atoms with Crippen LogP contribution in [0.15, 0.2) is 79.8 Å². The van der Waals surface area contributed by atoms with Crippen LogP contribution in [0.4, 0.5) is 53.1 Å². The third kappa shape index (κ3) is 11.1. The molecule has 9 heterocycles. The van der Waals surface area contributed by atoms with Crippen LogP contribution >= 0.6 is 0 Å². The zero-order chi connectivity index (χ0) is 54.6. The van der Waals surface area contributed by atoms with Crippen LogP contribution in [0.2, 0.25) is 0 Å². The number of piperazine rings is 3. The maximum Gasteiger partial charge on any atom is 0.251 e. The highest BCUT2D eigenvalue weighted by molar-refractivity contribution is 6.06. The van der Waals surface area contributed by atoms with Gasteiger partial charge in [0.25, 0.3) is 17.7 Å². The van der Waals surface area contributed by atoms with Crippen LogP contribution in [0.3, 0.4) is 0 Å². The number of hydrogen-bond donors (Lipinski definition) is 6. The minimum absolute atomic E-state index is 0.0425. The maximum absolute atomic E-state index is 13.7. The SMILES string of the molecule is N#Cc1cnc(N2CCN(c3nc4c(C(N)=O)cc(F)cc4[nH]3)CC2)nc1.NC(=O)c1cc(F)cc2[nH]c(N3CCN(c4ccncn4)CC3)nc12.NC(=O)c1cc(F)cc2[nH]c(N3CCN(c4ncc(F)cn4)CC3)nc12. The molecule has 0 bridgehead atoms. The standard InChI is InChI=1S/C17H15FN8O.C16H15F2N7O.C16H16FN7O/c18-11-5-12(15(20)27)14-13(6-11)23-17(24-14)26-3-1-25(2-4-26)16-21-8-10(7-19)9-22-16;17-9-5-11(14(19)26)13-12(6-9)22-16(23-13)25-3-1-24(2-4-25)15-20-7-10(18)8-21-15;17-10-7-11(15(18)25)14-12(8-10)21-16(22-14)24-5-3-23(4-6-24)13-1-2-19-9-20-13/h5-6,8-9H,1-4H2,(H2,20,27)(H,23,24);5-8H,1-4H2,(H2,19,26)(H,22,23);1-2,7-9H,3-6H2,(H2,18,25)(H,21,22). The Labute approximate surface area is 438 Å². The number of benzene rings is 3. The van der Waals surface area contributed by atoms with Gasteiger partial charge in [-0.15, -0.1) is 0 Å². The summed E-state index contributed by atoms with van der Waals surface area (Å²) in [6.07, 6.45) is 8.50. The van der Waals surface area contributed by atoms with E-state index in [1.54, 1.807) is 6.20 Å². The Morgan fingerprint density at radius 2 is 0.821 bits per heavy atom. The van der Waals surface area contributed by atoms with Gasteiger partial charge in [-0.2, -0.15) is 5.26 Å². The molecule has 3 saturated heterocycles. The van der Waals surface area contributed by atoms with Crippen molar-refractivity contribution in [1.29, 1.82) is 5.26 Å². The highest BCUT2D eigenvalue weighted by atomic mass is 19.1. The van der Waals surface area contributed by atoms with Gasteiger partial charge in [-0.1, -0.05) is 0 Å². The first-order valence-corrected chi connectivity index (χ1v) is 24.1. The molecule has 3 aliphatic rings. The average molecular weight is 1070 g/mol. The Hall–Kier alpha value is -10.3. The summed E-state index contributed by atoms with van der Waals surface area (Å²) in [5.74, 6) is -0.646. The van der Waals surface area contributed by atoms with Crippen molar-refractivity contribution >= 4 is 86.4 Å². The Bertz CT molecular complexity index is 3700. The van der Waals surface area contributed by atoms with Crippen LogP contribution in [0.5, 0.6) is 0 Å². The van der Waals surface area contributed by atoms with Gasteiger partial charge in [-0.05, 0) is 42.5 Å². The second-order valence-electron chi connectivity index (χ2n) is 17.9. The van der Waals surface area contributed by atoms with Crippen molar-refractivity contribution in [2.75, 3.05) is 108 Å². The van der Waals surface area contributed by atoms with Gasteiger partial charge in [-0.25, -0.2) is 62.4 Å². The third-order valence-electron chi connectivity index (χ3n) is 13.0. The lowest BCUT2D eigenvalue weighted by molar-refractivity contribution is 0.0993. The van der Waals surface area contributed by atoms with E-state index in [4.69, 9.17) is 22.5 Å². The van der Waals surface area contributed by atoms with Gasteiger partial charge in [0.05, 0.1) is 63.6 Å². The number of hydrogen-bond acceptors (Lipinski definition) is 19. The van der Waals surface area contributed by atoms with Gasteiger partial charge in [0.15, 0.2) is 5.82 Å². The number of H-pyrrole nitrogens is 3. The number of nitrogens with two attached hydrogens (primary N) is 3. The summed E-state index contributed by atoms with van der Waals surface area (Å²) >= 11 is 0. The molecule has 0 unspecified atom stereocenters. The number of amides is 3. The van der Waals surface area contributed by atoms with E-state index in [0.29, 0.717) is 121 Å². The molecule has 0 radical (unpaired) electrons. The summed E-state index contributed by atoms with van der Waals surface area (Å²) in [5.41, 5.74) is 18.9. The molecule has 9 aromatic rings. The zero-order valence-corrected chi connectivity index (χ0v) is 41.1. The molecule has 3 fully saturated rings. The molecule has 6 aromatic heterocycles. The number of halogens is 4. The molecule has 78 heavy (non-hydrogen) atoms. The lowest BCUT2D eigenvalue weighted by atomic mass is 10.1. The molecule has 0 spiro atoms. The van der Waals surface area contributed by atoms with E-state index in [2.05, 4.69) is 69.6 Å². The summed E-state index contributed by atoms with van der Waals surface area (Å²) in [6, 6.07) is 11.0. The number of carbonyl (C=O) groups excluding carboxylic acids is 3. The van der Waals surface area contributed by atoms with Crippen LogP contribution in [0, 0.1) is 34.6 Å². The van der Waals surface area contributed by atoms with E-state index in [1.165, 1.54) is 36.9 Å². The fourth-order valence-corrected chi connectivity index (χ4v) is 9.09. The molecular formula is C49H46F4N22O3. The van der Waals surface area contributed by atoms with Gasteiger partial charge in [0, 0.05) is 84.7 Å². The number of aromatic nitrogens is 12. The Morgan fingerprint density at radius 1 is 0.474 bits per heavy atom. The van der Waals surface area contributed by atoms with Gasteiger partial charge < -0.3 is 61.6 Å². The van der Waals surface area contributed by atoms with Crippen molar-refractivity contribution in [3.05, 3.63) is 125 Å². The summed E-state index contributed by atoms with van der Waals surface area (Å²) in [6.45, 7) is 7.99. The minimum Gasteiger partial charge on any atom is -0.366 e. The van der Waals surface area contributed by atoms with Gasteiger partial charge in [0.2, 0.25) is 29.7 Å². The number of carbonyl (C=O) groups is 3. The van der Waals surface area contributed by atoms with Gasteiger partial charge >= 0.3 is 0 Å². The number of imidazole rings is 3. The topological polar surface area (TPSA) is 336 Å². The Morgan fingerprint density at radius 3 is 1.15 bits per heavy atom. The normalized spacial score (nSPS) is 14.7. The second-order valence-corrected chi connectivity index (χ2v) is 17.9. The van der Waals surface area contributed by atoms with Crippen molar-refractivity contribution in [2.45, 2.75) is 0 Å². The quantitative estimate of drug-likeness (QED) is 0.113. The molecule has 0 saturated carbocycles. The molecule has 0 aliphatic carbocycles. The summed E-state index contributed by atoms with van der Waals surface area (Å²) in [4.78, 5) is 93.7. The molecule has 29 heteroatoms. The fraction of sp³-hybridized carbons (Fsp3) is 0.245. The molecule has 12 rings (SSSR count). The Balaban J connectivity index is 0.000000132. The summed E-state index contributed by atoms with van der Waals surface area (Å²) in [7, 11) is 0. The molecule has 3 aromatic carbocycles. The smallest absolute Gasteiger partial charge is 0.251 e. The van der Waals surface area contributed by atoms with E-state index >= 15 is 0 Å². The number of nitrogens with zero attached hydrogens (tertiary/aromatic N) is 16. The number of rotatable bonds is 9. The van der Waals surface area contributed by atoms with Crippen molar-refractivity contribution in [2.24, 2.45) is 17.2 Å². The highest BCUT2D eigenvalue weighted by Gasteiger charge is 2.26. The van der Waals surface area contributed by atoms with E-state index in [0.717, 1.165) is 62.6 Å². The van der Waals surface area contributed by atoms with Crippen molar-refractivity contribution in [3.8, 4) is 6.07 Å². The maximum atomic E-state index is 13.7. The molecular weight excluding hydrogens is 1020 g/mol. The number of fused-ring (bicyclic) bond motifs is 3. The van der Waals surface area contributed by atoms with Gasteiger partial charge in [-0.3, -0.25) is 14.4 Å². The van der Waals surface area contributed by atoms with Gasteiger partial charge in [0.1, 0.15) is 52.2 Å². The van der Waals surface area contributed by atoms with E-state index in [-0.39, 0.29) is 16.7 Å². The van der Waals surface area contributed by atoms with Crippen molar-refractivity contribution < 1.29 is 31.9 Å². The first-order valence-electron chi connectivity index (χ1n) is 24.1. The fourth-order valence-electron chi connectivity index (χ4n) is 9.09. The predicted octanol–water partition coefficient (Wildman–Crippen LogP) is 2.76. The first kappa shape index (κ1) is 51.2. The monoisotopic (exact) mass is 1070 g/mol.